The molecule has 38 heavy (non-hydrogen) atoms. The zero-order valence-electron chi connectivity index (χ0n) is 32.7. The molecular formula is C36H24N2. The van der Waals surface area contributed by atoms with Crippen molar-refractivity contribution in [3.8, 4) is 22.5 Å². The van der Waals surface area contributed by atoms with Crippen LogP contribution in [0.3, 0.4) is 0 Å². The van der Waals surface area contributed by atoms with E-state index in [1.165, 1.54) is 4.57 Å². The molecule has 2 nitrogen and oxygen atoms in total. The molecule has 2 heterocycles. The van der Waals surface area contributed by atoms with Crippen LogP contribution in [-0.2, 0) is 0 Å². The Kier molecular flexibility index (Phi) is 2.59. The van der Waals surface area contributed by atoms with Crippen molar-refractivity contribution in [1.29, 1.82) is 0 Å². The number of para-hydroxylation sites is 3. The summed E-state index contributed by atoms with van der Waals surface area (Å²) >= 11 is 0. The van der Waals surface area contributed by atoms with Crippen LogP contribution in [0.2, 0.25) is 0 Å². The Bertz CT molecular complexity index is 2750. The summed E-state index contributed by atoms with van der Waals surface area (Å²) in [6.07, 6.45) is 0. The van der Waals surface area contributed by atoms with Gasteiger partial charge in [0.25, 0.3) is 0 Å². The summed E-state index contributed by atoms with van der Waals surface area (Å²) in [6, 6.07) is 14.4. The van der Waals surface area contributed by atoms with E-state index in [4.69, 9.17) is 17.8 Å². The van der Waals surface area contributed by atoms with Crippen LogP contribution in [0.4, 0.5) is 0 Å². The predicted molar refractivity (Wildman–Crippen MR) is 161 cm³/mol. The fourth-order valence-corrected chi connectivity index (χ4v) is 5.25. The van der Waals surface area contributed by atoms with Crippen molar-refractivity contribution in [3.05, 3.63) is 145 Å². The van der Waals surface area contributed by atoms with Crippen molar-refractivity contribution >= 4 is 43.6 Å². The molecule has 8 rings (SSSR count). The minimum absolute atomic E-state index is 0.00464. The molecule has 178 valence electrons. The number of fused-ring (bicyclic) bond motifs is 6. The van der Waals surface area contributed by atoms with Gasteiger partial charge in [-0.25, -0.2) is 0 Å². The summed E-state index contributed by atoms with van der Waals surface area (Å²) in [5.41, 5.74) is 3.13. The molecule has 6 aromatic carbocycles. The summed E-state index contributed by atoms with van der Waals surface area (Å²) in [5.74, 6) is 0. The maximum Gasteiger partial charge on any atom is 0.0645 e. The van der Waals surface area contributed by atoms with Gasteiger partial charge in [-0.2, -0.15) is 0 Å². The second kappa shape index (κ2) is 8.22. The van der Waals surface area contributed by atoms with Gasteiger partial charge in [0.15, 0.2) is 0 Å². The second-order valence-corrected chi connectivity index (χ2v) is 8.89. The molecule has 0 aliphatic carbocycles. The monoisotopic (exact) mass is 497 g/mol. The Morgan fingerprint density at radius 3 is 1.82 bits per heavy atom. The van der Waals surface area contributed by atoms with Crippen LogP contribution in [-0.4, -0.2) is 9.13 Å². The lowest BCUT2D eigenvalue weighted by Gasteiger charge is -2.11. The molecule has 8 aromatic rings. The molecule has 0 fully saturated rings. The molecule has 0 aliphatic rings. The minimum atomic E-state index is -0.511. The van der Waals surface area contributed by atoms with Gasteiger partial charge in [-0.3, -0.25) is 0 Å². The lowest BCUT2D eigenvalue weighted by Crippen LogP contribution is -1.96. The standard InChI is InChI=1S/C36H24N2/c1-2-11-25(12-3-1)26-13-10-14-27(23-26)37-35-20-9-6-17-31(35)32-24-28(21-22-36(32)37)38-33-18-7-4-15-29(33)30-16-5-8-19-34(30)38/h1-24H/i1D,2D,3D,4D,5D,7D,8D,11D,12D,15D,16D,18D,19D. The van der Waals surface area contributed by atoms with E-state index in [0.29, 0.717) is 16.9 Å². The van der Waals surface area contributed by atoms with E-state index in [2.05, 4.69) is 0 Å². The number of benzene rings is 6. The summed E-state index contributed by atoms with van der Waals surface area (Å²) < 4.78 is 114. The largest absolute Gasteiger partial charge is 0.309 e. The van der Waals surface area contributed by atoms with Crippen LogP contribution in [0.25, 0.3) is 66.1 Å². The van der Waals surface area contributed by atoms with E-state index in [9.17, 15) is 0 Å². The number of rotatable bonds is 3. The van der Waals surface area contributed by atoms with Gasteiger partial charge < -0.3 is 9.13 Å². The first-order chi connectivity index (χ1) is 24.3. The van der Waals surface area contributed by atoms with Crippen molar-refractivity contribution < 1.29 is 17.8 Å². The molecule has 2 heteroatoms. The molecule has 0 spiro atoms. The molecule has 0 saturated carbocycles. The Labute approximate surface area is 238 Å². The van der Waals surface area contributed by atoms with Gasteiger partial charge in [0.05, 0.1) is 39.9 Å². The average molecular weight is 498 g/mol. The highest BCUT2D eigenvalue weighted by atomic mass is 15.0. The molecule has 0 aliphatic heterocycles. The number of hydrogen-bond acceptors (Lipinski definition) is 0. The van der Waals surface area contributed by atoms with Crippen molar-refractivity contribution in [2.45, 2.75) is 0 Å². The lowest BCUT2D eigenvalue weighted by molar-refractivity contribution is 1.17. The van der Waals surface area contributed by atoms with Crippen LogP contribution in [0.1, 0.15) is 17.8 Å². The third kappa shape index (κ3) is 3.07. The third-order valence-corrected chi connectivity index (χ3v) is 6.84. The Morgan fingerprint density at radius 1 is 0.395 bits per heavy atom. The molecule has 0 bridgehead atoms. The van der Waals surface area contributed by atoms with Crippen molar-refractivity contribution in [2.75, 3.05) is 0 Å². The quantitative estimate of drug-likeness (QED) is 0.230. The number of nitrogens with zero attached hydrogens (tertiary/aromatic N) is 2. The van der Waals surface area contributed by atoms with E-state index in [-0.39, 0.29) is 51.5 Å². The SMILES string of the molecule is [2H]c1c([2H])c([2H])c(-c2cccc(-n3c4ccccc4c4cc(-n5c6c([2H])c([2H])c([2H])c([2H])c6c6c([2H])c([2H])c([2H])c([2H])c65)ccc43)c2)c([2H])c1[2H]. The van der Waals surface area contributed by atoms with Crippen molar-refractivity contribution in [2.24, 2.45) is 0 Å². The van der Waals surface area contributed by atoms with Crippen LogP contribution in [0.15, 0.2) is 145 Å². The van der Waals surface area contributed by atoms with E-state index in [0.717, 1.165) is 21.8 Å². The molecule has 0 unspecified atom stereocenters. The van der Waals surface area contributed by atoms with Crippen LogP contribution in [0, 0.1) is 0 Å². The topological polar surface area (TPSA) is 9.86 Å². The van der Waals surface area contributed by atoms with Crippen molar-refractivity contribution in [1.82, 2.24) is 9.13 Å². The van der Waals surface area contributed by atoms with E-state index >= 15 is 0 Å². The second-order valence-electron chi connectivity index (χ2n) is 8.89. The summed E-state index contributed by atoms with van der Waals surface area (Å²) in [7, 11) is 0. The Balaban J connectivity index is 1.45. The predicted octanol–water partition coefficient (Wildman–Crippen LogP) is 9.55. The average Bonchev–Trinajstić information content (AvgIpc) is 3.67. The maximum absolute atomic E-state index is 8.87. The van der Waals surface area contributed by atoms with Gasteiger partial charge in [-0.15, -0.1) is 0 Å². The Morgan fingerprint density at radius 2 is 1.03 bits per heavy atom. The first kappa shape index (κ1) is 12.0. The van der Waals surface area contributed by atoms with Crippen LogP contribution < -0.4 is 0 Å². The summed E-state index contributed by atoms with van der Waals surface area (Å²) in [4.78, 5) is 0. The zero-order valence-corrected chi connectivity index (χ0v) is 19.7. The molecule has 0 atom stereocenters. The van der Waals surface area contributed by atoms with E-state index in [1.807, 2.05) is 47.0 Å². The van der Waals surface area contributed by atoms with Gasteiger partial charge in [-0.1, -0.05) is 96.8 Å². The fourth-order valence-electron chi connectivity index (χ4n) is 5.25. The summed E-state index contributed by atoms with van der Waals surface area (Å²) in [5, 5.41) is 1.53. The van der Waals surface area contributed by atoms with Gasteiger partial charge in [0, 0.05) is 32.9 Å². The Hall–Kier alpha value is -5.08. The van der Waals surface area contributed by atoms with Crippen molar-refractivity contribution in [3.63, 3.8) is 0 Å². The third-order valence-electron chi connectivity index (χ3n) is 6.84. The molecule has 0 saturated heterocycles. The molecule has 2 aromatic heterocycles. The fraction of sp³-hybridized carbons (Fsp3) is 0. The summed E-state index contributed by atoms with van der Waals surface area (Å²) in [6.45, 7) is 0. The first-order valence-electron chi connectivity index (χ1n) is 18.5. The molecule has 0 amide bonds. The minimum Gasteiger partial charge on any atom is -0.309 e. The van der Waals surface area contributed by atoms with Gasteiger partial charge >= 0.3 is 0 Å². The van der Waals surface area contributed by atoms with Gasteiger partial charge in [0.1, 0.15) is 0 Å². The molecule has 0 N–H and O–H groups in total. The smallest absolute Gasteiger partial charge is 0.0645 e. The van der Waals surface area contributed by atoms with E-state index in [1.54, 1.807) is 24.3 Å². The van der Waals surface area contributed by atoms with Crippen LogP contribution in [0.5, 0.6) is 0 Å². The molecular weight excluding hydrogens is 460 g/mol. The number of hydrogen-bond donors (Lipinski definition) is 0. The highest BCUT2D eigenvalue weighted by molar-refractivity contribution is 6.12. The maximum atomic E-state index is 8.87. The normalized spacial score (nSPS) is 16.5. The number of aromatic nitrogens is 2. The van der Waals surface area contributed by atoms with E-state index < -0.39 is 54.4 Å². The zero-order chi connectivity index (χ0) is 36.4. The lowest BCUT2D eigenvalue weighted by atomic mass is 10.1. The highest BCUT2D eigenvalue weighted by Gasteiger charge is 2.16. The van der Waals surface area contributed by atoms with Gasteiger partial charge in [0.2, 0.25) is 0 Å². The first-order valence-corrected chi connectivity index (χ1v) is 12.0. The molecule has 0 radical (unpaired) electrons. The van der Waals surface area contributed by atoms with Crippen LogP contribution >= 0.6 is 0 Å². The highest BCUT2D eigenvalue weighted by Crippen LogP contribution is 2.37. The van der Waals surface area contributed by atoms with Gasteiger partial charge in [-0.05, 0) is 59.6 Å².